The van der Waals surface area contributed by atoms with Crippen LogP contribution in [0.25, 0.3) is 0 Å². The number of aryl methyl sites for hydroxylation is 1. The Labute approximate surface area is 166 Å². The van der Waals surface area contributed by atoms with Gasteiger partial charge in [0, 0.05) is 19.0 Å². The van der Waals surface area contributed by atoms with Crippen molar-refractivity contribution in [2.45, 2.75) is 62.6 Å². The van der Waals surface area contributed by atoms with Gasteiger partial charge in [-0.1, -0.05) is 17.7 Å². The van der Waals surface area contributed by atoms with Gasteiger partial charge in [-0.3, -0.25) is 8.98 Å². The van der Waals surface area contributed by atoms with Crippen LogP contribution in [0.2, 0.25) is 0 Å². The molecule has 152 valence electrons. The molecule has 0 aliphatic carbocycles. The van der Waals surface area contributed by atoms with Gasteiger partial charge in [0.2, 0.25) is 5.91 Å². The number of hydrogen-bond acceptors (Lipinski definition) is 6. The lowest BCUT2D eigenvalue weighted by Crippen LogP contribution is -2.45. The highest BCUT2D eigenvalue weighted by atomic mass is 32.2. The number of hydrogen-bond donors (Lipinski definition) is 1. The van der Waals surface area contributed by atoms with Gasteiger partial charge in [-0.05, 0) is 52.2 Å². The van der Waals surface area contributed by atoms with Crippen LogP contribution < -0.4 is 5.32 Å². The standard InChI is InChI=1S/C20H27N3O4S/c1-14-6-8-17(9-7-14)28(25,26)27-20(2,3)15-11-18(22-13-15)19(24)23-10-4-5-16(23)12-21/h6-9,15-16,18,22H,4-5,10-11,13H2,1-3H3/t15-,16-,18-/m0/s1. The van der Waals surface area contributed by atoms with Crippen LogP contribution in [-0.2, 0) is 19.1 Å². The zero-order chi connectivity index (χ0) is 20.5. The van der Waals surface area contributed by atoms with E-state index in [0.717, 1.165) is 12.0 Å². The van der Waals surface area contributed by atoms with Crippen LogP contribution >= 0.6 is 0 Å². The molecule has 2 aliphatic heterocycles. The Morgan fingerprint density at radius 1 is 1.32 bits per heavy atom. The maximum absolute atomic E-state index is 12.8. The van der Waals surface area contributed by atoms with Crippen LogP contribution in [-0.4, -0.2) is 50.0 Å². The van der Waals surface area contributed by atoms with E-state index in [1.165, 1.54) is 12.1 Å². The molecule has 2 fully saturated rings. The van der Waals surface area contributed by atoms with Crippen molar-refractivity contribution >= 4 is 16.0 Å². The number of rotatable bonds is 5. The number of benzene rings is 1. The summed E-state index contributed by atoms with van der Waals surface area (Å²) in [6, 6.07) is 7.95. The maximum atomic E-state index is 12.8. The molecule has 3 atom stereocenters. The molecule has 28 heavy (non-hydrogen) atoms. The van der Waals surface area contributed by atoms with E-state index in [1.54, 1.807) is 30.9 Å². The predicted octanol–water partition coefficient (Wildman–Crippen LogP) is 1.97. The normalized spacial score (nSPS) is 25.6. The Morgan fingerprint density at radius 3 is 2.64 bits per heavy atom. The van der Waals surface area contributed by atoms with Crippen LogP contribution in [0.4, 0.5) is 0 Å². The summed E-state index contributed by atoms with van der Waals surface area (Å²) in [6.07, 6.45) is 2.02. The van der Waals surface area contributed by atoms with Gasteiger partial charge >= 0.3 is 0 Å². The predicted molar refractivity (Wildman–Crippen MR) is 104 cm³/mol. The zero-order valence-corrected chi connectivity index (χ0v) is 17.3. The number of nitrogens with zero attached hydrogens (tertiary/aromatic N) is 2. The van der Waals surface area contributed by atoms with E-state index in [4.69, 9.17) is 4.18 Å². The number of nitrogens with one attached hydrogen (secondary N) is 1. The van der Waals surface area contributed by atoms with Crippen LogP contribution in [0, 0.1) is 24.2 Å². The maximum Gasteiger partial charge on any atom is 0.297 e. The van der Waals surface area contributed by atoms with E-state index in [0.29, 0.717) is 25.9 Å². The van der Waals surface area contributed by atoms with E-state index in [-0.39, 0.29) is 22.8 Å². The summed E-state index contributed by atoms with van der Waals surface area (Å²) >= 11 is 0. The number of nitriles is 1. The van der Waals surface area contributed by atoms with Gasteiger partial charge in [-0.25, -0.2) is 0 Å². The second-order valence-electron chi connectivity index (χ2n) is 8.17. The molecule has 1 N–H and O–H groups in total. The number of likely N-dealkylation sites (tertiary alicyclic amines) is 1. The van der Waals surface area contributed by atoms with Gasteiger partial charge in [-0.2, -0.15) is 13.7 Å². The molecule has 2 heterocycles. The van der Waals surface area contributed by atoms with Gasteiger partial charge in [-0.15, -0.1) is 0 Å². The van der Waals surface area contributed by atoms with Gasteiger partial charge < -0.3 is 10.2 Å². The minimum Gasteiger partial charge on any atom is -0.325 e. The van der Waals surface area contributed by atoms with Crippen molar-refractivity contribution in [2.24, 2.45) is 5.92 Å². The van der Waals surface area contributed by atoms with Crippen LogP contribution in [0.15, 0.2) is 29.2 Å². The summed E-state index contributed by atoms with van der Waals surface area (Å²) in [6.45, 7) is 6.46. The number of carbonyl (C=O) groups is 1. The topological polar surface area (TPSA) is 99.5 Å². The van der Waals surface area contributed by atoms with E-state index < -0.39 is 21.8 Å². The van der Waals surface area contributed by atoms with E-state index >= 15 is 0 Å². The summed E-state index contributed by atoms with van der Waals surface area (Å²) in [5.41, 5.74) is 0.00270. The molecule has 3 rings (SSSR count). The highest BCUT2D eigenvalue weighted by molar-refractivity contribution is 7.86. The van der Waals surface area contributed by atoms with Crippen molar-refractivity contribution in [2.75, 3.05) is 13.1 Å². The minimum absolute atomic E-state index is 0.0799. The van der Waals surface area contributed by atoms with E-state index in [9.17, 15) is 18.5 Å². The first-order valence-electron chi connectivity index (χ1n) is 9.60. The monoisotopic (exact) mass is 405 g/mol. The fourth-order valence-electron chi connectivity index (χ4n) is 3.92. The molecule has 1 aromatic rings. The largest absolute Gasteiger partial charge is 0.325 e. The summed E-state index contributed by atoms with van der Waals surface area (Å²) in [7, 11) is -3.90. The molecule has 1 amide bonds. The number of amides is 1. The highest BCUT2D eigenvalue weighted by Gasteiger charge is 2.44. The summed E-state index contributed by atoms with van der Waals surface area (Å²) in [4.78, 5) is 14.5. The first-order valence-corrected chi connectivity index (χ1v) is 11.0. The third-order valence-corrected chi connectivity index (χ3v) is 7.23. The molecular weight excluding hydrogens is 378 g/mol. The lowest BCUT2D eigenvalue weighted by Gasteiger charge is -2.30. The molecule has 0 radical (unpaired) electrons. The molecule has 2 saturated heterocycles. The molecule has 8 heteroatoms. The minimum atomic E-state index is -3.90. The quantitative estimate of drug-likeness (QED) is 0.752. The van der Waals surface area contributed by atoms with Crippen molar-refractivity contribution in [1.82, 2.24) is 10.2 Å². The fraction of sp³-hybridized carbons (Fsp3) is 0.600. The third-order valence-electron chi connectivity index (χ3n) is 5.73. The Morgan fingerprint density at radius 2 is 2.00 bits per heavy atom. The zero-order valence-electron chi connectivity index (χ0n) is 16.5. The summed E-state index contributed by atoms with van der Waals surface area (Å²) in [5, 5.41) is 12.4. The Hall–Kier alpha value is -1.95. The van der Waals surface area contributed by atoms with Gasteiger partial charge in [0.1, 0.15) is 6.04 Å². The van der Waals surface area contributed by atoms with Gasteiger partial charge in [0.15, 0.2) is 0 Å². The SMILES string of the molecule is Cc1ccc(S(=O)(=O)OC(C)(C)[C@@H]2CN[C@H](C(=O)N3CCC[C@H]3C#N)C2)cc1. The first kappa shape index (κ1) is 20.8. The molecule has 0 unspecified atom stereocenters. The molecule has 0 aromatic heterocycles. The van der Waals surface area contributed by atoms with Crippen molar-refractivity contribution in [3.05, 3.63) is 29.8 Å². The van der Waals surface area contributed by atoms with Crippen molar-refractivity contribution in [3.8, 4) is 6.07 Å². The number of carbonyl (C=O) groups excluding carboxylic acids is 1. The molecule has 0 bridgehead atoms. The summed E-state index contributed by atoms with van der Waals surface area (Å²) in [5.74, 6) is -0.228. The first-order chi connectivity index (χ1) is 13.1. The van der Waals surface area contributed by atoms with Crippen LogP contribution in [0.3, 0.4) is 0 Å². The van der Waals surface area contributed by atoms with Gasteiger partial charge in [0.05, 0.1) is 22.6 Å². The van der Waals surface area contributed by atoms with E-state index in [2.05, 4.69) is 11.4 Å². The molecule has 0 saturated carbocycles. The molecule has 1 aromatic carbocycles. The molecule has 2 aliphatic rings. The fourth-order valence-corrected chi connectivity index (χ4v) is 5.19. The van der Waals surface area contributed by atoms with Crippen molar-refractivity contribution in [1.29, 1.82) is 5.26 Å². The summed E-state index contributed by atoms with van der Waals surface area (Å²) < 4.78 is 30.9. The van der Waals surface area contributed by atoms with Crippen LogP contribution in [0.1, 0.15) is 38.7 Å². The second kappa shape index (κ2) is 7.82. The van der Waals surface area contributed by atoms with Crippen molar-refractivity contribution in [3.63, 3.8) is 0 Å². The van der Waals surface area contributed by atoms with Crippen molar-refractivity contribution < 1.29 is 17.4 Å². The average molecular weight is 406 g/mol. The lowest BCUT2D eigenvalue weighted by molar-refractivity contribution is -0.133. The highest BCUT2D eigenvalue weighted by Crippen LogP contribution is 2.33. The molecular formula is C20H27N3O4S. The third kappa shape index (κ3) is 4.22. The smallest absolute Gasteiger partial charge is 0.297 e. The Kier molecular flexibility index (Phi) is 5.80. The second-order valence-corrected chi connectivity index (χ2v) is 9.71. The van der Waals surface area contributed by atoms with Gasteiger partial charge in [0.25, 0.3) is 10.1 Å². The Balaban J connectivity index is 1.67. The lowest BCUT2D eigenvalue weighted by atomic mass is 9.89. The average Bonchev–Trinajstić information content (AvgIpc) is 3.30. The molecule has 7 nitrogen and oxygen atoms in total. The van der Waals surface area contributed by atoms with E-state index in [1.807, 2.05) is 6.92 Å². The van der Waals surface area contributed by atoms with Crippen LogP contribution in [0.5, 0.6) is 0 Å². The molecule has 0 spiro atoms. The Bertz CT molecular complexity index is 874.